The van der Waals surface area contributed by atoms with Gasteiger partial charge in [-0.2, -0.15) is 0 Å². The molecule has 0 bridgehead atoms. The van der Waals surface area contributed by atoms with E-state index < -0.39 is 5.97 Å². The summed E-state index contributed by atoms with van der Waals surface area (Å²) in [5.74, 6) is 1.19. The molecule has 0 saturated carbocycles. The minimum absolute atomic E-state index is 0.0752. The molecule has 1 atom stereocenters. The highest BCUT2D eigenvalue weighted by molar-refractivity contribution is 5.74. The van der Waals surface area contributed by atoms with Gasteiger partial charge in [-0.3, -0.25) is 4.79 Å². The Morgan fingerprint density at radius 1 is 1.05 bits per heavy atom. The molecule has 0 aromatic heterocycles. The van der Waals surface area contributed by atoms with Crippen LogP contribution in [0.1, 0.15) is 47.4 Å². The lowest BCUT2D eigenvalue weighted by molar-refractivity contribution is -0.137. The van der Waals surface area contributed by atoms with E-state index in [1.165, 1.54) is 27.9 Å². The van der Waals surface area contributed by atoms with Gasteiger partial charge >= 0.3 is 5.97 Å². The predicted octanol–water partition coefficient (Wildman–Crippen LogP) is 6.34. The van der Waals surface area contributed by atoms with E-state index in [0.29, 0.717) is 30.6 Å². The average molecular weight is 502 g/mol. The first kappa shape index (κ1) is 25.2. The summed E-state index contributed by atoms with van der Waals surface area (Å²) >= 11 is 0. The molecule has 2 aliphatic heterocycles. The summed E-state index contributed by atoms with van der Waals surface area (Å²) < 4.78 is 17.3. The maximum absolute atomic E-state index is 11.1. The van der Waals surface area contributed by atoms with E-state index in [4.69, 9.17) is 19.3 Å². The Morgan fingerprint density at radius 2 is 1.84 bits per heavy atom. The molecule has 0 amide bonds. The molecule has 3 aromatic carbocycles. The third-order valence-corrected chi connectivity index (χ3v) is 7.38. The highest BCUT2D eigenvalue weighted by Crippen LogP contribution is 2.38. The lowest BCUT2D eigenvalue weighted by atomic mass is 9.93. The number of carboxylic acids is 1. The molecule has 6 nitrogen and oxygen atoms in total. The van der Waals surface area contributed by atoms with Crippen LogP contribution in [0.3, 0.4) is 0 Å². The number of aryl methyl sites for hydroxylation is 2. The van der Waals surface area contributed by atoms with E-state index in [0.717, 1.165) is 43.7 Å². The number of carbonyl (C=O) groups is 1. The second-order valence-electron chi connectivity index (χ2n) is 10.2. The summed E-state index contributed by atoms with van der Waals surface area (Å²) in [5, 5.41) is 12.7. The SMILES string of the molecule is Cc1cc(NCC2CCOCC2)cc(C)c1-c1cccc(COc2ccc3c(c2)OCC3CC(=O)O)c1. The normalized spacial score (nSPS) is 17.2. The van der Waals surface area contributed by atoms with Crippen LogP contribution in [-0.4, -0.2) is 37.4 Å². The highest BCUT2D eigenvalue weighted by Gasteiger charge is 2.26. The maximum atomic E-state index is 11.1. The molecule has 1 fully saturated rings. The minimum atomic E-state index is -0.812. The molecule has 0 spiro atoms. The highest BCUT2D eigenvalue weighted by atomic mass is 16.5. The Bertz CT molecular complexity index is 1240. The lowest BCUT2D eigenvalue weighted by Crippen LogP contribution is -2.22. The fourth-order valence-corrected chi connectivity index (χ4v) is 5.44. The summed E-state index contributed by atoms with van der Waals surface area (Å²) in [6, 6.07) is 18.7. The standard InChI is InChI=1S/C31H35NO5/c1-20-12-26(32-17-22-8-10-35-11-9-22)13-21(2)31(20)24-5-3-4-23(14-24)18-36-27-6-7-28-25(15-30(33)34)19-37-29(28)16-27/h3-7,12-14,16,22,25,32H,8-11,15,17-19H2,1-2H3,(H,33,34). The van der Waals surface area contributed by atoms with Crippen molar-refractivity contribution in [1.29, 1.82) is 0 Å². The van der Waals surface area contributed by atoms with Crippen molar-refractivity contribution in [2.24, 2.45) is 5.92 Å². The average Bonchev–Trinajstić information content (AvgIpc) is 3.28. The molecule has 5 rings (SSSR count). The summed E-state index contributed by atoms with van der Waals surface area (Å²) in [4.78, 5) is 11.1. The van der Waals surface area contributed by atoms with Crippen LogP contribution in [0.4, 0.5) is 5.69 Å². The Morgan fingerprint density at radius 3 is 2.59 bits per heavy atom. The Kier molecular flexibility index (Phi) is 7.65. The van der Waals surface area contributed by atoms with E-state index in [-0.39, 0.29) is 12.3 Å². The van der Waals surface area contributed by atoms with Crippen LogP contribution in [-0.2, 0) is 16.1 Å². The van der Waals surface area contributed by atoms with Gasteiger partial charge in [0, 0.05) is 43.0 Å². The summed E-state index contributed by atoms with van der Waals surface area (Å²) in [6.07, 6.45) is 2.33. The van der Waals surface area contributed by atoms with Gasteiger partial charge < -0.3 is 24.6 Å². The van der Waals surface area contributed by atoms with Gasteiger partial charge in [0.1, 0.15) is 18.1 Å². The van der Waals surface area contributed by atoms with Crippen LogP contribution < -0.4 is 14.8 Å². The topological polar surface area (TPSA) is 77.0 Å². The number of hydrogen-bond donors (Lipinski definition) is 2. The van der Waals surface area contributed by atoms with Crippen molar-refractivity contribution >= 4 is 11.7 Å². The van der Waals surface area contributed by atoms with E-state index in [1.54, 1.807) is 0 Å². The fourth-order valence-electron chi connectivity index (χ4n) is 5.44. The lowest BCUT2D eigenvalue weighted by Gasteiger charge is -2.23. The van der Waals surface area contributed by atoms with Gasteiger partial charge in [0.25, 0.3) is 0 Å². The third-order valence-electron chi connectivity index (χ3n) is 7.38. The number of aliphatic carboxylic acids is 1. The number of benzene rings is 3. The third kappa shape index (κ3) is 6.08. The summed E-state index contributed by atoms with van der Waals surface area (Å²) in [5.41, 5.74) is 8.14. The van der Waals surface area contributed by atoms with E-state index in [1.807, 2.05) is 18.2 Å². The number of fused-ring (bicyclic) bond motifs is 1. The van der Waals surface area contributed by atoms with Crippen LogP contribution in [0.2, 0.25) is 0 Å². The van der Waals surface area contributed by atoms with Crippen LogP contribution in [0.25, 0.3) is 11.1 Å². The van der Waals surface area contributed by atoms with Crippen LogP contribution in [0, 0.1) is 19.8 Å². The van der Waals surface area contributed by atoms with Gasteiger partial charge in [0.05, 0.1) is 13.0 Å². The fraction of sp³-hybridized carbons (Fsp3) is 0.387. The van der Waals surface area contributed by atoms with E-state index >= 15 is 0 Å². The molecule has 37 heavy (non-hydrogen) atoms. The zero-order valence-electron chi connectivity index (χ0n) is 21.6. The van der Waals surface area contributed by atoms with Crippen molar-refractivity contribution in [2.75, 3.05) is 31.7 Å². The van der Waals surface area contributed by atoms with Gasteiger partial charge in [-0.05, 0) is 84.7 Å². The first-order valence-corrected chi connectivity index (χ1v) is 13.1. The number of anilines is 1. The molecule has 2 heterocycles. The van der Waals surface area contributed by atoms with E-state index in [9.17, 15) is 4.79 Å². The monoisotopic (exact) mass is 501 g/mol. The van der Waals surface area contributed by atoms with Gasteiger partial charge in [0.15, 0.2) is 0 Å². The van der Waals surface area contributed by atoms with Gasteiger partial charge in [-0.15, -0.1) is 0 Å². The number of rotatable bonds is 9. The Hall–Kier alpha value is -3.51. The maximum Gasteiger partial charge on any atom is 0.304 e. The first-order valence-electron chi connectivity index (χ1n) is 13.1. The Balaban J connectivity index is 1.24. The van der Waals surface area contributed by atoms with Crippen molar-refractivity contribution in [3.8, 4) is 22.6 Å². The number of hydrogen-bond acceptors (Lipinski definition) is 5. The molecule has 6 heteroatoms. The number of carboxylic acid groups (broad SMARTS) is 1. The quantitative estimate of drug-likeness (QED) is 0.356. The zero-order chi connectivity index (χ0) is 25.8. The van der Waals surface area contributed by atoms with Gasteiger partial charge in [-0.25, -0.2) is 0 Å². The summed E-state index contributed by atoms with van der Waals surface area (Å²) in [6.45, 7) is 7.92. The molecule has 194 valence electrons. The Labute approximate surface area is 218 Å². The van der Waals surface area contributed by atoms with Crippen molar-refractivity contribution in [3.63, 3.8) is 0 Å². The minimum Gasteiger partial charge on any atom is -0.492 e. The van der Waals surface area contributed by atoms with Crippen molar-refractivity contribution < 1.29 is 24.1 Å². The second-order valence-corrected chi connectivity index (χ2v) is 10.2. The molecule has 3 aromatic rings. The van der Waals surface area contributed by atoms with Gasteiger partial charge in [0.2, 0.25) is 0 Å². The number of ether oxygens (including phenoxy) is 3. The first-order chi connectivity index (χ1) is 18.0. The molecule has 2 aliphatic rings. The molecular weight excluding hydrogens is 466 g/mol. The van der Waals surface area contributed by atoms with Crippen LogP contribution in [0.5, 0.6) is 11.5 Å². The molecule has 0 aliphatic carbocycles. The van der Waals surface area contributed by atoms with Crippen LogP contribution >= 0.6 is 0 Å². The molecule has 1 unspecified atom stereocenters. The van der Waals surface area contributed by atoms with Crippen molar-refractivity contribution in [2.45, 2.75) is 45.6 Å². The molecular formula is C31H35NO5. The van der Waals surface area contributed by atoms with Crippen molar-refractivity contribution in [3.05, 3.63) is 76.9 Å². The smallest absolute Gasteiger partial charge is 0.304 e. The van der Waals surface area contributed by atoms with E-state index in [2.05, 4.69) is 55.6 Å². The van der Waals surface area contributed by atoms with Gasteiger partial charge in [-0.1, -0.05) is 24.3 Å². The summed E-state index contributed by atoms with van der Waals surface area (Å²) in [7, 11) is 0. The molecule has 2 N–H and O–H groups in total. The largest absolute Gasteiger partial charge is 0.492 e. The molecule has 1 saturated heterocycles. The zero-order valence-corrected chi connectivity index (χ0v) is 21.6. The van der Waals surface area contributed by atoms with Crippen molar-refractivity contribution in [1.82, 2.24) is 0 Å². The second kappa shape index (κ2) is 11.3. The molecule has 0 radical (unpaired) electrons. The van der Waals surface area contributed by atoms with Crippen LogP contribution in [0.15, 0.2) is 54.6 Å². The predicted molar refractivity (Wildman–Crippen MR) is 145 cm³/mol. The number of nitrogens with one attached hydrogen (secondary N) is 1.